The fourth-order valence-corrected chi connectivity index (χ4v) is 2.86. The van der Waals surface area contributed by atoms with Crippen molar-refractivity contribution in [2.45, 2.75) is 50.5 Å². The first-order valence-corrected chi connectivity index (χ1v) is 11.8. The zero-order valence-electron chi connectivity index (χ0n) is 22.0. The molecule has 2 amide bonds. The van der Waals surface area contributed by atoms with Gasteiger partial charge in [0.1, 0.15) is 50.2 Å². The molecule has 0 rings (SSSR count). The predicted molar refractivity (Wildman–Crippen MR) is 133 cm³/mol. The largest absolute Gasteiger partial charge is 0.460 e. The summed E-state index contributed by atoms with van der Waals surface area (Å²) < 4.78 is 9.32. The molecule has 0 aromatic rings. The van der Waals surface area contributed by atoms with Crippen LogP contribution in [0.15, 0.2) is 24.3 Å². The maximum Gasteiger partial charge on any atom is 0.333 e. The Labute approximate surface area is 229 Å². The molecule has 0 aliphatic rings. The summed E-state index contributed by atoms with van der Waals surface area (Å²) in [6.45, 7) is 6.43. The molecule has 40 heavy (non-hydrogen) atoms. The maximum absolute atomic E-state index is 12.0. The van der Waals surface area contributed by atoms with E-state index in [-0.39, 0.29) is 23.7 Å². The van der Waals surface area contributed by atoms with Gasteiger partial charge >= 0.3 is 23.8 Å². The zero-order chi connectivity index (χ0) is 31.2. The summed E-state index contributed by atoms with van der Waals surface area (Å²) in [4.78, 5) is 69.6. The molecule has 16 heteroatoms. The number of aldehydes is 2. The number of carbonyl (C=O) groups excluding carboxylic acids is 6. The van der Waals surface area contributed by atoms with Crippen molar-refractivity contribution in [3.8, 4) is 0 Å². The second-order valence-electron chi connectivity index (χ2n) is 8.86. The molecule has 0 bridgehead atoms. The molecule has 8 atom stereocenters. The molecule has 0 aromatic carbocycles. The average molecular weight is 577 g/mol. The van der Waals surface area contributed by atoms with E-state index in [4.69, 9.17) is 4.74 Å². The lowest BCUT2D eigenvalue weighted by molar-refractivity contribution is -0.151. The molecule has 0 aromatic heterocycles. The van der Waals surface area contributed by atoms with Crippen LogP contribution in [0.25, 0.3) is 0 Å². The van der Waals surface area contributed by atoms with Crippen molar-refractivity contribution >= 4 is 36.3 Å². The van der Waals surface area contributed by atoms with E-state index in [1.54, 1.807) is 0 Å². The Morgan fingerprint density at radius 3 is 1.52 bits per heavy atom. The molecule has 0 spiro atoms. The van der Waals surface area contributed by atoms with Crippen molar-refractivity contribution in [1.82, 2.24) is 10.6 Å². The molecule has 16 nitrogen and oxygen atoms in total. The molecule has 0 heterocycles. The van der Waals surface area contributed by atoms with Crippen LogP contribution in [-0.4, -0.2) is 130 Å². The van der Waals surface area contributed by atoms with Gasteiger partial charge in [0.25, 0.3) is 0 Å². The highest BCUT2D eigenvalue weighted by atomic mass is 16.5. The Bertz CT molecular complexity index is 939. The first-order valence-electron chi connectivity index (χ1n) is 11.8. The predicted octanol–water partition coefficient (Wildman–Crippen LogP) is -4.75. The van der Waals surface area contributed by atoms with Crippen LogP contribution in [0.4, 0.5) is 0 Å². The molecule has 226 valence electrons. The van der Waals surface area contributed by atoms with Gasteiger partial charge in [-0.25, -0.2) is 9.59 Å². The number of aliphatic hydroxyl groups excluding tert-OH is 6. The molecule has 8 N–H and O–H groups in total. The summed E-state index contributed by atoms with van der Waals surface area (Å²) in [7, 11) is 0. The van der Waals surface area contributed by atoms with E-state index >= 15 is 0 Å². The smallest absolute Gasteiger partial charge is 0.333 e. The average Bonchev–Trinajstić information content (AvgIpc) is 2.92. The second-order valence-corrected chi connectivity index (χ2v) is 8.86. The van der Waals surface area contributed by atoms with Crippen LogP contribution in [0.2, 0.25) is 0 Å². The minimum Gasteiger partial charge on any atom is -0.460 e. The van der Waals surface area contributed by atoms with Crippen LogP contribution in [0.5, 0.6) is 0 Å². The lowest BCUT2D eigenvalue weighted by Gasteiger charge is -2.27. The van der Waals surface area contributed by atoms with Gasteiger partial charge in [0.15, 0.2) is 0 Å². The van der Waals surface area contributed by atoms with Crippen molar-refractivity contribution in [1.29, 1.82) is 0 Å². The van der Waals surface area contributed by atoms with Gasteiger partial charge in [-0.1, -0.05) is 13.2 Å². The highest BCUT2D eigenvalue weighted by Crippen LogP contribution is 2.15. The van der Waals surface area contributed by atoms with Crippen LogP contribution in [-0.2, 0) is 38.2 Å². The summed E-state index contributed by atoms with van der Waals surface area (Å²) in [5.41, 5.74) is 0.0274. The summed E-state index contributed by atoms with van der Waals surface area (Å²) in [6, 6.07) is 0. The van der Waals surface area contributed by atoms with Crippen LogP contribution in [0.3, 0.4) is 0 Å². The molecule has 0 aliphatic heterocycles. The van der Waals surface area contributed by atoms with Gasteiger partial charge in [0.2, 0.25) is 0 Å². The number of hydrogen-bond acceptors (Lipinski definition) is 14. The number of rotatable bonds is 18. The van der Waals surface area contributed by atoms with E-state index in [9.17, 15) is 59.4 Å². The van der Waals surface area contributed by atoms with Crippen LogP contribution in [0.1, 0.15) is 13.8 Å². The SMILES string of the molecule is C=C(C)C(=O)OCC(O)C(O)C(O)C(O)CNC(=O)C(=O)NCC(C=O)C(O)C(C=O)C(O)COC(=O)C(=C)C. The van der Waals surface area contributed by atoms with Crippen molar-refractivity contribution in [2.75, 3.05) is 26.3 Å². The Morgan fingerprint density at radius 1 is 0.675 bits per heavy atom. The van der Waals surface area contributed by atoms with Gasteiger partial charge in [0.05, 0.1) is 24.0 Å². The first kappa shape index (κ1) is 36.5. The fraction of sp³-hybridized carbons (Fsp3) is 0.583. The molecule has 0 radical (unpaired) electrons. The number of nitrogens with one attached hydrogen (secondary N) is 2. The van der Waals surface area contributed by atoms with Gasteiger partial charge in [-0.3, -0.25) is 9.59 Å². The number of carbonyl (C=O) groups is 6. The summed E-state index contributed by atoms with van der Waals surface area (Å²) in [5.74, 6) is -7.55. The highest BCUT2D eigenvalue weighted by molar-refractivity contribution is 6.35. The van der Waals surface area contributed by atoms with E-state index < -0.39 is 98.5 Å². The number of hydrogen-bond donors (Lipinski definition) is 8. The standard InChI is InChI=1S/C24H36N2O14/c1-11(2)23(37)39-9-16(30)14(8-28)18(32)13(7-27)5-25-21(35)22(36)26-6-15(29)19(33)20(34)17(31)10-40-24(38)12(3)4/h7-8,13-20,29-34H,1,3,5-6,9-10H2,2,4H3,(H,25,35)(H,26,36). The summed E-state index contributed by atoms with van der Waals surface area (Å²) >= 11 is 0. The minimum absolute atomic E-state index is 0.0135. The van der Waals surface area contributed by atoms with Gasteiger partial charge in [-0.2, -0.15) is 0 Å². The topological polar surface area (TPSA) is 266 Å². The van der Waals surface area contributed by atoms with Gasteiger partial charge < -0.3 is 60.3 Å². The highest BCUT2D eigenvalue weighted by Gasteiger charge is 2.35. The summed E-state index contributed by atoms with van der Waals surface area (Å²) in [5, 5.41) is 63.9. The third-order valence-electron chi connectivity index (χ3n) is 5.39. The molecule has 8 unspecified atom stereocenters. The molecular formula is C24H36N2O14. The van der Waals surface area contributed by atoms with E-state index in [1.807, 2.05) is 10.6 Å². The van der Waals surface area contributed by atoms with Crippen molar-refractivity contribution < 1.29 is 68.9 Å². The number of esters is 2. The Hall–Kier alpha value is -3.54. The van der Waals surface area contributed by atoms with E-state index in [1.165, 1.54) is 13.8 Å². The van der Waals surface area contributed by atoms with Crippen molar-refractivity contribution in [3.63, 3.8) is 0 Å². The fourth-order valence-electron chi connectivity index (χ4n) is 2.86. The van der Waals surface area contributed by atoms with Gasteiger partial charge in [0, 0.05) is 24.2 Å². The maximum atomic E-state index is 12.0. The molecule has 0 fully saturated rings. The van der Waals surface area contributed by atoms with E-state index in [2.05, 4.69) is 17.9 Å². The zero-order valence-corrected chi connectivity index (χ0v) is 22.0. The van der Waals surface area contributed by atoms with Crippen LogP contribution < -0.4 is 10.6 Å². The van der Waals surface area contributed by atoms with Crippen LogP contribution >= 0.6 is 0 Å². The summed E-state index contributed by atoms with van der Waals surface area (Å²) in [6.07, 6.45) is -11.0. The third-order valence-corrected chi connectivity index (χ3v) is 5.39. The number of aliphatic hydroxyl groups is 6. The molecule has 0 saturated carbocycles. The quantitative estimate of drug-likeness (QED) is 0.0330. The Morgan fingerprint density at radius 2 is 1.10 bits per heavy atom. The van der Waals surface area contributed by atoms with Crippen molar-refractivity contribution in [3.05, 3.63) is 24.3 Å². The lowest BCUT2D eigenvalue weighted by atomic mass is 9.88. The van der Waals surface area contributed by atoms with E-state index in [0.29, 0.717) is 0 Å². The number of amides is 2. The first-order chi connectivity index (χ1) is 18.6. The monoisotopic (exact) mass is 576 g/mol. The molecule has 0 saturated heterocycles. The molecule has 0 aliphatic carbocycles. The third kappa shape index (κ3) is 12.1. The minimum atomic E-state index is -2.04. The second kappa shape index (κ2) is 17.9. The normalized spacial score (nSPS) is 16.9. The number of ether oxygens (including phenoxy) is 2. The Kier molecular flexibility index (Phi) is 16.3. The van der Waals surface area contributed by atoms with Crippen molar-refractivity contribution in [2.24, 2.45) is 11.8 Å². The Balaban J connectivity index is 4.83. The van der Waals surface area contributed by atoms with E-state index in [0.717, 1.165) is 0 Å². The molecular weight excluding hydrogens is 540 g/mol. The van der Waals surface area contributed by atoms with Gasteiger partial charge in [-0.15, -0.1) is 0 Å². The van der Waals surface area contributed by atoms with Gasteiger partial charge in [-0.05, 0) is 13.8 Å². The lowest BCUT2D eigenvalue weighted by Crippen LogP contribution is -2.52. The van der Waals surface area contributed by atoms with Crippen LogP contribution in [0, 0.1) is 11.8 Å².